The van der Waals surface area contributed by atoms with Gasteiger partial charge >= 0.3 is 5.69 Å². The third kappa shape index (κ3) is 5.35. The van der Waals surface area contributed by atoms with Crippen LogP contribution in [0.2, 0.25) is 5.02 Å². The number of benzene rings is 2. The molecule has 1 aliphatic rings. The number of ketones is 1. The normalized spacial score (nSPS) is 14.2. The molecule has 0 radical (unpaired) electrons. The SMILES string of the molecule is CCC(C(=O)c1ccc(Cl)cc1)n1ncn(-c2ccc(N3CCNCC3)cc2)c1=O.Cl.Cl. The number of rotatable bonds is 6. The summed E-state index contributed by atoms with van der Waals surface area (Å²) in [6.07, 6.45) is 1.93. The van der Waals surface area contributed by atoms with E-state index in [0.717, 1.165) is 37.6 Å². The topological polar surface area (TPSA) is 72.2 Å². The zero-order chi connectivity index (χ0) is 21.1. The molecule has 1 fully saturated rings. The number of nitrogens with one attached hydrogen (secondary N) is 1. The molecule has 3 aromatic rings. The third-order valence-electron chi connectivity index (χ3n) is 5.42. The number of halogens is 3. The number of nitrogens with zero attached hydrogens (tertiary/aromatic N) is 4. The zero-order valence-corrected chi connectivity index (χ0v) is 20.0. The van der Waals surface area contributed by atoms with Crippen LogP contribution in [0.25, 0.3) is 5.69 Å². The molecule has 10 heteroatoms. The molecule has 0 bridgehead atoms. The van der Waals surface area contributed by atoms with Crippen molar-refractivity contribution in [2.75, 3.05) is 31.1 Å². The van der Waals surface area contributed by atoms with Crippen molar-refractivity contribution in [3.63, 3.8) is 0 Å². The van der Waals surface area contributed by atoms with Gasteiger partial charge in [0.2, 0.25) is 0 Å². The van der Waals surface area contributed by atoms with Crippen LogP contribution in [0, 0.1) is 0 Å². The summed E-state index contributed by atoms with van der Waals surface area (Å²) >= 11 is 5.92. The number of carbonyl (C=O) groups excluding carboxylic acids is 1. The van der Waals surface area contributed by atoms with E-state index >= 15 is 0 Å². The molecule has 4 rings (SSSR count). The first kappa shape index (κ1) is 25.9. The molecule has 1 N–H and O–H groups in total. The van der Waals surface area contributed by atoms with Crippen LogP contribution in [0.4, 0.5) is 5.69 Å². The molecule has 1 saturated heterocycles. The summed E-state index contributed by atoms with van der Waals surface area (Å²) in [6, 6.07) is 13.9. The summed E-state index contributed by atoms with van der Waals surface area (Å²) in [5.41, 5.74) is 2.02. The summed E-state index contributed by atoms with van der Waals surface area (Å²) in [4.78, 5) is 28.3. The lowest BCUT2D eigenvalue weighted by Gasteiger charge is -2.29. The lowest BCUT2D eigenvalue weighted by molar-refractivity contribution is 0.0911. The first-order valence-corrected chi connectivity index (χ1v) is 10.5. The maximum Gasteiger partial charge on any atom is 0.351 e. The predicted molar refractivity (Wildman–Crippen MR) is 133 cm³/mol. The van der Waals surface area contributed by atoms with Gasteiger partial charge in [-0.3, -0.25) is 4.79 Å². The molecule has 0 saturated carbocycles. The molecular weight excluding hydrogens is 473 g/mol. The van der Waals surface area contributed by atoms with E-state index in [9.17, 15) is 9.59 Å². The van der Waals surface area contributed by atoms with E-state index in [0.29, 0.717) is 17.0 Å². The van der Waals surface area contributed by atoms with Gasteiger partial charge in [0.25, 0.3) is 0 Å². The Balaban J connectivity index is 0.00000181. The molecule has 2 heterocycles. The van der Waals surface area contributed by atoms with E-state index in [-0.39, 0.29) is 36.3 Å². The highest BCUT2D eigenvalue weighted by Gasteiger charge is 2.24. The summed E-state index contributed by atoms with van der Waals surface area (Å²) in [5.74, 6) is -0.157. The second-order valence-electron chi connectivity index (χ2n) is 7.28. The Morgan fingerprint density at radius 2 is 1.62 bits per heavy atom. The van der Waals surface area contributed by atoms with Crippen molar-refractivity contribution in [1.29, 1.82) is 0 Å². The van der Waals surface area contributed by atoms with Gasteiger partial charge in [0.15, 0.2) is 5.78 Å². The average molecular weight is 499 g/mol. The van der Waals surface area contributed by atoms with Crippen LogP contribution in [0.3, 0.4) is 0 Å². The summed E-state index contributed by atoms with van der Waals surface area (Å²) in [5, 5.41) is 8.14. The highest BCUT2D eigenvalue weighted by molar-refractivity contribution is 6.30. The lowest BCUT2D eigenvalue weighted by Crippen LogP contribution is -2.43. The van der Waals surface area contributed by atoms with Crippen molar-refractivity contribution in [2.45, 2.75) is 19.4 Å². The van der Waals surface area contributed by atoms with Crippen molar-refractivity contribution in [2.24, 2.45) is 0 Å². The fourth-order valence-corrected chi connectivity index (χ4v) is 3.86. The van der Waals surface area contributed by atoms with E-state index in [1.54, 1.807) is 24.3 Å². The maximum atomic E-state index is 13.0. The van der Waals surface area contributed by atoms with Gasteiger partial charge in [-0.15, -0.1) is 24.8 Å². The van der Waals surface area contributed by atoms with Gasteiger partial charge in [0.05, 0.1) is 5.69 Å². The minimum absolute atomic E-state index is 0. The smallest absolute Gasteiger partial charge is 0.351 e. The van der Waals surface area contributed by atoms with Crippen LogP contribution in [-0.2, 0) is 0 Å². The monoisotopic (exact) mass is 497 g/mol. The molecule has 172 valence electrons. The lowest BCUT2D eigenvalue weighted by atomic mass is 10.0. The van der Waals surface area contributed by atoms with E-state index in [2.05, 4.69) is 15.3 Å². The number of anilines is 1. The van der Waals surface area contributed by atoms with E-state index in [1.165, 1.54) is 15.6 Å². The second-order valence-corrected chi connectivity index (χ2v) is 7.71. The van der Waals surface area contributed by atoms with Crippen LogP contribution >= 0.6 is 36.4 Å². The highest BCUT2D eigenvalue weighted by Crippen LogP contribution is 2.20. The van der Waals surface area contributed by atoms with E-state index < -0.39 is 6.04 Å². The molecule has 32 heavy (non-hydrogen) atoms. The van der Waals surface area contributed by atoms with Crippen LogP contribution in [-0.4, -0.2) is 46.3 Å². The highest BCUT2D eigenvalue weighted by atomic mass is 35.5. The third-order valence-corrected chi connectivity index (χ3v) is 5.67. The van der Waals surface area contributed by atoms with Crippen molar-refractivity contribution in [3.8, 4) is 5.69 Å². The molecule has 1 unspecified atom stereocenters. The van der Waals surface area contributed by atoms with Crippen LogP contribution in [0.15, 0.2) is 59.7 Å². The summed E-state index contributed by atoms with van der Waals surface area (Å²) in [6.45, 7) is 5.72. The Bertz CT molecular complexity index is 1070. The van der Waals surface area contributed by atoms with Crippen LogP contribution in [0.5, 0.6) is 0 Å². The molecule has 1 atom stereocenters. The number of hydrogen-bond donors (Lipinski definition) is 1. The van der Waals surface area contributed by atoms with Crippen molar-refractivity contribution >= 4 is 47.9 Å². The second kappa shape index (κ2) is 11.5. The van der Waals surface area contributed by atoms with Crippen molar-refractivity contribution in [1.82, 2.24) is 19.7 Å². The minimum atomic E-state index is -0.667. The van der Waals surface area contributed by atoms with Crippen molar-refractivity contribution in [3.05, 3.63) is 75.9 Å². The molecule has 0 spiro atoms. The van der Waals surface area contributed by atoms with Gasteiger partial charge in [-0.1, -0.05) is 18.5 Å². The number of aromatic nitrogens is 3. The first-order chi connectivity index (χ1) is 14.6. The summed E-state index contributed by atoms with van der Waals surface area (Å²) < 4.78 is 2.74. The average Bonchev–Trinajstić information content (AvgIpc) is 3.16. The molecule has 1 aliphatic heterocycles. The fourth-order valence-electron chi connectivity index (χ4n) is 3.73. The fraction of sp³-hybridized carbons (Fsp3) is 0.318. The van der Waals surface area contributed by atoms with Crippen LogP contribution < -0.4 is 15.9 Å². The molecule has 7 nitrogen and oxygen atoms in total. The number of Topliss-reactive ketones (excluding diaryl/α,β-unsaturated/α-hetero) is 1. The molecule has 0 amide bonds. The predicted octanol–water partition coefficient (Wildman–Crippen LogP) is 3.77. The number of carbonyl (C=O) groups is 1. The molecule has 1 aromatic heterocycles. The molecule has 0 aliphatic carbocycles. The first-order valence-electron chi connectivity index (χ1n) is 10.1. The Kier molecular flexibility index (Phi) is 9.33. The number of hydrogen-bond acceptors (Lipinski definition) is 5. The van der Waals surface area contributed by atoms with Gasteiger partial charge in [0, 0.05) is 42.5 Å². The van der Waals surface area contributed by atoms with Crippen LogP contribution in [0.1, 0.15) is 29.7 Å². The Labute approximate surface area is 204 Å². The van der Waals surface area contributed by atoms with E-state index in [1.807, 2.05) is 31.2 Å². The maximum absolute atomic E-state index is 13.0. The standard InChI is InChI=1S/C22H24ClN5O2.2ClH/c1-2-20(21(29)16-3-5-17(23)6-4-16)28-22(30)27(15-25-28)19-9-7-18(8-10-19)26-13-11-24-12-14-26;;/h3-10,15,20,24H,2,11-14H2,1H3;2*1H. The molecular formula is C22H26Cl3N5O2. The van der Waals surface area contributed by atoms with Gasteiger partial charge < -0.3 is 10.2 Å². The minimum Gasteiger partial charge on any atom is -0.369 e. The largest absolute Gasteiger partial charge is 0.369 e. The summed E-state index contributed by atoms with van der Waals surface area (Å²) in [7, 11) is 0. The van der Waals surface area contributed by atoms with E-state index in [4.69, 9.17) is 11.6 Å². The Hall–Kier alpha value is -2.32. The Morgan fingerprint density at radius 3 is 2.22 bits per heavy atom. The molecule has 2 aromatic carbocycles. The Morgan fingerprint density at radius 1 is 1.03 bits per heavy atom. The van der Waals surface area contributed by atoms with Crippen molar-refractivity contribution < 1.29 is 4.79 Å². The van der Waals surface area contributed by atoms with Gasteiger partial charge in [0.1, 0.15) is 12.4 Å². The number of piperazine rings is 1. The zero-order valence-electron chi connectivity index (χ0n) is 17.6. The van der Waals surface area contributed by atoms with Gasteiger partial charge in [-0.25, -0.2) is 14.0 Å². The quantitative estimate of drug-likeness (QED) is 0.524. The van der Waals surface area contributed by atoms with Gasteiger partial charge in [-0.05, 0) is 55.0 Å². The van der Waals surface area contributed by atoms with Gasteiger partial charge in [-0.2, -0.15) is 5.10 Å².